The molecule has 0 aliphatic heterocycles. The maximum absolute atomic E-state index is 5.46. The first-order chi connectivity index (χ1) is 12.7. The predicted octanol–water partition coefficient (Wildman–Crippen LogP) is 4.24. The minimum atomic E-state index is 0. The van der Waals surface area contributed by atoms with Crippen LogP contribution in [0, 0.1) is 5.92 Å². The van der Waals surface area contributed by atoms with Gasteiger partial charge < -0.3 is 20.1 Å². The van der Waals surface area contributed by atoms with E-state index in [-0.39, 0.29) is 24.0 Å². The highest BCUT2D eigenvalue weighted by atomic mass is 127. The summed E-state index contributed by atoms with van der Waals surface area (Å²) in [5.41, 5.74) is 1.37. The molecule has 27 heavy (non-hydrogen) atoms. The monoisotopic (exact) mass is 555 g/mol. The molecule has 2 N–H and O–H groups in total. The number of rotatable bonds is 13. The number of nitrogens with zero attached hydrogens (tertiary/aromatic N) is 1. The van der Waals surface area contributed by atoms with E-state index in [0.717, 1.165) is 55.8 Å². The molecule has 0 amide bonds. The lowest BCUT2D eigenvalue weighted by Gasteiger charge is -2.18. The van der Waals surface area contributed by atoms with Crippen LogP contribution < -0.4 is 10.6 Å². The second kappa shape index (κ2) is 17.7. The normalized spacial score (nSPS) is 12.4. The molecule has 0 fully saturated rings. The van der Waals surface area contributed by atoms with E-state index in [9.17, 15) is 0 Å². The Balaban J connectivity index is 0.00000676. The fraction of sp³-hybridized carbons (Fsp3) is 0.650. The average molecular weight is 556 g/mol. The van der Waals surface area contributed by atoms with E-state index in [4.69, 9.17) is 9.47 Å². The number of hydrogen-bond acceptors (Lipinski definition) is 3. The quantitative estimate of drug-likeness (QED) is 0.165. The molecule has 0 saturated carbocycles. The van der Waals surface area contributed by atoms with Crippen LogP contribution in [0.3, 0.4) is 0 Å². The first-order valence-corrected chi connectivity index (χ1v) is 10.2. The van der Waals surface area contributed by atoms with E-state index >= 15 is 0 Å². The summed E-state index contributed by atoms with van der Waals surface area (Å²) in [6, 6.07) is 8.55. The Morgan fingerprint density at radius 1 is 1.19 bits per heavy atom. The topological polar surface area (TPSA) is 54.9 Å². The van der Waals surface area contributed by atoms with E-state index in [1.807, 2.05) is 7.05 Å². The summed E-state index contributed by atoms with van der Waals surface area (Å²) in [5.74, 6) is 1.45. The van der Waals surface area contributed by atoms with Crippen molar-refractivity contribution in [2.75, 3.05) is 47.1 Å². The number of halogens is 2. The maximum Gasteiger partial charge on any atom is 0.190 e. The van der Waals surface area contributed by atoms with Crippen molar-refractivity contribution in [3.05, 3.63) is 34.3 Å². The van der Waals surface area contributed by atoms with E-state index < -0.39 is 0 Å². The van der Waals surface area contributed by atoms with Gasteiger partial charge in [-0.1, -0.05) is 41.4 Å². The SMILES string of the molecule is CCC(CNC(=NC)NCCCCOCCOC)Cc1cccc(Br)c1.I. The van der Waals surface area contributed by atoms with Crippen LogP contribution in [0.2, 0.25) is 0 Å². The molecule has 0 aliphatic rings. The van der Waals surface area contributed by atoms with Gasteiger partial charge in [0.05, 0.1) is 13.2 Å². The van der Waals surface area contributed by atoms with Crippen molar-refractivity contribution in [1.29, 1.82) is 0 Å². The smallest absolute Gasteiger partial charge is 0.190 e. The van der Waals surface area contributed by atoms with Crippen molar-refractivity contribution in [1.82, 2.24) is 10.6 Å². The van der Waals surface area contributed by atoms with Crippen molar-refractivity contribution in [2.45, 2.75) is 32.6 Å². The molecular formula is C20H35BrIN3O2. The molecule has 1 atom stereocenters. The molecular weight excluding hydrogens is 521 g/mol. The van der Waals surface area contributed by atoms with Crippen molar-refractivity contribution >= 4 is 45.9 Å². The number of unbranched alkanes of at least 4 members (excludes halogenated alkanes) is 1. The molecule has 5 nitrogen and oxygen atoms in total. The van der Waals surface area contributed by atoms with Gasteiger partial charge in [-0.15, -0.1) is 24.0 Å². The van der Waals surface area contributed by atoms with Crippen LogP contribution in [0.5, 0.6) is 0 Å². The molecule has 0 heterocycles. The lowest BCUT2D eigenvalue weighted by atomic mass is 9.97. The summed E-state index contributed by atoms with van der Waals surface area (Å²) in [5, 5.41) is 6.83. The second-order valence-electron chi connectivity index (χ2n) is 6.30. The third-order valence-electron chi connectivity index (χ3n) is 4.21. The third kappa shape index (κ3) is 13.4. The highest BCUT2D eigenvalue weighted by Gasteiger charge is 2.09. The highest BCUT2D eigenvalue weighted by Crippen LogP contribution is 2.16. The molecule has 0 spiro atoms. The third-order valence-corrected chi connectivity index (χ3v) is 4.71. The minimum absolute atomic E-state index is 0. The van der Waals surface area contributed by atoms with Crippen molar-refractivity contribution < 1.29 is 9.47 Å². The fourth-order valence-electron chi connectivity index (χ4n) is 2.60. The molecule has 0 radical (unpaired) electrons. The number of ether oxygens (including phenoxy) is 2. The molecule has 1 aromatic carbocycles. The van der Waals surface area contributed by atoms with Gasteiger partial charge in [0.1, 0.15) is 0 Å². The zero-order valence-electron chi connectivity index (χ0n) is 16.8. The van der Waals surface area contributed by atoms with Crippen LogP contribution in [0.4, 0.5) is 0 Å². The van der Waals surface area contributed by atoms with E-state index in [0.29, 0.717) is 19.1 Å². The van der Waals surface area contributed by atoms with Gasteiger partial charge in [0.2, 0.25) is 0 Å². The number of nitrogens with one attached hydrogen (secondary N) is 2. The Bertz CT molecular complexity index is 518. The molecule has 1 rings (SSSR count). The standard InChI is InChI=1S/C20H34BrN3O2.HI/c1-4-17(14-18-8-7-9-19(21)15-18)16-24-20(22-2)23-10-5-6-11-26-13-12-25-3;/h7-9,15,17H,4-6,10-14,16H2,1-3H3,(H2,22,23,24);1H. The van der Waals surface area contributed by atoms with Crippen LogP contribution in [-0.4, -0.2) is 53.0 Å². The highest BCUT2D eigenvalue weighted by molar-refractivity contribution is 14.0. The van der Waals surface area contributed by atoms with Crippen molar-refractivity contribution in [3.63, 3.8) is 0 Å². The van der Waals surface area contributed by atoms with Gasteiger partial charge in [0, 0.05) is 38.3 Å². The molecule has 156 valence electrons. The Morgan fingerprint density at radius 3 is 2.67 bits per heavy atom. The average Bonchev–Trinajstić information content (AvgIpc) is 2.65. The maximum atomic E-state index is 5.46. The Labute approximate surface area is 190 Å². The van der Waals surface area contributed by atoms with E-state index in [1.54, 1.807) is 7.11 Å². The Kier molecular flexibility index (Phi) is 17.5. The Morgan fingerprint density at radius 2 is 2.00 bits per heavy atom. The van der Waals surface area contributed by atoms with Crippen molar-refractivity contribution in [2.24, 2.45) is 10.9 Å². The number of hydrogen-bond donors (Lipinski definition) is 2. The Hall–Kier alpha value is -0.380. The molecule has 1 unspecified atom stereocenters. The number of guanidine groups is 1. The van der Waals surface area contributed by atoms with Gasteiger partial charge in [-0.3, -0.25) is 4.99 Å². The van der Waals surface area contributed by atoms with Crippen LogP contribution >= 0.6 is 39.9 Å². The first-order valence-electron chi connectivity index (χ1n) is 9.45. The summed E-state index contributed by atoms with van der Waals surface area (Å²) in [4.78, 5) is 4.31. The molecule has 0 bridgehead atoms. The zero-order valence-corrected chi connectivity index (χ0v) is 20.7. The molecule has 0 aromatic heterocycles. The van der Waals surface area contributed by atoms with Crippen LogP contribution in [0.25, 0.3) is 0 Å². The van der Waals surface area contributed by atoms with Gasteiger partial charge in [-0.2, -0.15) is 0 Å². The van der Waals surface area contributed by atoms with E-state index in [1.165, 1.54) is 5.56 Å². The van der Waals surface area contributed by atoms with Crippen LogP contribution in [0.15, 0.2) is 33.7 Å². The number of benzene rings is 1. The number of aliphatic imine (C=N–C) groups is 1. The minimum Gasteiger partial charge on any atom is -0.382 e. The molecule has 0 saturated heterocycles. The summed E-state index contributed by atoms with van der Waals surface area (Å²) in [7, 11) is 3.51. The van der Waals surface area contributed by atoms with Gasteiger partial charge in [0.25, 0.3) is 0 Å². The molecule has 1 aromatic rings. The van der Waals surface area contributed by atoms with Crippen LogP contribution in [-0.2, 0) is 15.9 Å². The van der Waals surface area contributed by atoms with Crippen molar-refractivity contribution in [3.8, 4) is 0 Å². The van der Waals surface area contributed by atoms with Gasteiger partial charge in [-0.05, 0) is 42.9 Å². The second-order valence-corrected chi connectivity index (χ2v) is 7.22. The van der Waals surface area contributed by atoms with Crippen LogP contribution in [0.1, 0.15) is 31.7 Å². The summed E-state index contributed by atoms with van der Waals surface area (Å²) in [6.07, 6.45) is 4.30. The van der Waals surface area contributed by atoms with Gasteiger partial charge >= 0.3 is 0 Å². The lowest BCUT2D eigenvalue weighted by molar-refractivity contribution is 0.0689. The summed E-state index contributed by atoms with van der Waals surface area (Å²) < 4.78 is 11.6. The largest absolute Gasteiger partial charge is 0.382 e. The lowest BCUT2D eigenvalue weighted by Crippen LogP contribution is -2.40. The summed E-state index contributed by atoms with van der Waals surface area (Å²) in [6.45, 7) is 6.17. The first kappa shape index (κ1) is 26.6. The van der Waals surface area contributed by atoms with Gasteiger partial charge in [0.15, 0.2) is 5.96 Å². The number of methoxy groups -OCH3 is 1. The zero-order chi connectivity index (χ0) is 19.0. The van der Waals surface area contributed by atoms with Gasteiger partial charge in [-0.25, -0.2) is 0 Å². The molecule has 7 heteroatoms. The fourth-order valence-corrected chi connectivity index (χ4v) is 3.05. The summed E-state index contributed by atoms with van der Waals surface area (Å²) >= 11 is 3.55. The molecule has 0 aliphatic carbocycles. The van der Waals surface area contributed by atoms with E-state index in [2.05, 4.69) is 62.7 Å². The predicted molar refractivity (Wildman–Crippen MR) is 128 cm³/mol.